The first kappa shape index (κ1) is 20.2. The van der Waals surface area contributed by atoms with Crippen LogP contribution in [0.25, 0.3) is 0 Å². The fourth-order valence-electron chi connectivity index (χ4n) is 3.31. The summed E-state index contributed by atoms with van der Waals surface area (Å²) < 4.78 is 0. The number of anilines is 1. The van der Waals surface area contributed by atoms with Crippen LogP contribution in [-0.4, -0.2) is 46.6 Å². The Bertz CT molecular complexity index is 956. The molecule has 0 spiro atoms. The second-order valence-electron chi connectivity index (χ2n) is 7.03. The van der Waals surface area contributed by atoms with E-state index in [4.69, 9.17) is 4.99 Å². The van der Waals surface area contributed by atoms with Gasteiger partial charge in [-0.25, -0.2) is 4.99 Å². The van der Waals surface area contributed by atoms with Crippen molar-refractivity contribution >= 4 is 46.0 Å². The number of thioether (sulfide) groups is 1. The highest BCUT2D eigenvalue weighted by molar-refractivity contribution is 8.14. The molecular weight excluding hydrogens is 398 g/mol. The number of nitrogens with zero attached hydrogens (tertiary/aromatic N) is 4. The summed E-state index contributed by atoms with van der Waals surface area (Å²) in [6.45, 7) is 1.90. The Morgan fingerprint density at radius 1 is 1.03 bits per heavy atom. The number of hydrazone groups is 1. The molecule has 1 N–H and O–H groups in total. The molecule has 1 fully saturated rings. The van der Waals surface area contributed by atoms with Gasteiger partial charge in [0.15, 0.2) is 5.17 Å². The van der Waals surface area contributed by atoms with Crippen molar-refractivity contribution in [3.05, 3.63) is 60.7 Å². The van der Waals surface area contributed by atoms with E-state index < -0.39 is 0 Å². The van der Waals surface area contributed by atoms with Gasteiger partial charge >= 0.3 is 0 Å². The minimum atomic E-state index is -0.193. The monoisotopic (exact) mass is 421 g/mol. The topological polar surface area (TPSA) is 77.4 Å². The number of amides is 2. The fourth-order valence-corrected chi connectivity index (χ4v) is 4.18. The van der Waals surface area contributed by atoms with Gasteiger partial charge in [-0.1, -0.05) is 48.2 Å². The van der Waals surface area contributed by atoms with E-state index >= 15 is 0 Å². The molecule has 0 aliphatic carbocycles. The lowest BCUT2D eigenvalue weighted by molar-refractivity contribution is -0.117. The number of hydrogen-bond donors (Lipinski definition) is 1. The molecule has 1 saturated heterocycles. The van der Waals surface area contributed by atoms with E-state index in [1.807, 2.05) is 60.7 Å². The number of nitrogens with one attached hydrogen (secondary N) is 1. The van der Waals surface area contributed by atoms with Crippen LogP contribution < -0.4 is 10.3 Å². The Kier molecular flexibility index (Phi) is 6.44. The zero-order valence-corrected chi connectivity index (χ0v) is 17.3. The number of para-hydroxylation sites is 2. The Balaban J connectivity index is 1.38. The molecule has 8 heteroatoms. The SMILES string of the molecule is O=C(CSC(=Nc1ccccc1)N1CCCC1)NC1=NN(c2ccccc2)C(=O)C1. The van der Waals surface area contributed by atoms with Gasteiger partial charge < -0.3 is 10.2 Å². The quantitative estimate of drug-likeness (QED) is 0.607. The molecule has 2 amide bonds. The van der Waals surface area contributed by atoms with Crippen LogP contribution in [0.5, 0.6) is 0 Å². The van der Waals surface area contributed by atoms with E-state index in [-0.39, 0.29) is 24.0 Å². The summed E-state index contributed by atoms with van der Waals surface area (Å²) in [5.41, 5.74) is 1.56. The first-order valence-electron chi connectivity index (χ1n) is 9.96. The van der Waals surface area contributed by atoms with E-state index in [0.29, 0.717) is 11.5 Å². The lowest BCUT2D eigenvalue weighted by atomic mass is 10.3. The van der Waals surface area contributed by atoms with Crippen LogP contribution >= 0.6 is 11.8 Å². The molecule has 2 heterocycles. The Hall–Kier alpha value is -3.13. The third-order valence-corrected chi connectivity index (χ3v) is 5.76. The Morgan fingerprint density at radius 2 is 1.70 bits per heavy atom. The summed E-state index contributed by atoms with van der Waals surface area (Å²) in [7, 11) is 0. The number of hydrogen-bond acceptors (Lipinski definition) is 5. The minimum Gasteiger partial charge on any atom is -0.351 e. The Labute approximate surface area is 179 Å². The Morgan fingerprint density at radius 3 is 2.40 bits per heavy atom. The highest BCUT2D eigenvalue weighted by Crippen LogP contribution is 2.22. The van der Waals surface area contributed by atoms with Crippen molar-refractivity contribution in [2.45, 2.75) is 19.3 Å². The molecule has 0 unspecified atom stereocenters. The summed E-state index contributed by atoms with van der Waals surface area (Å²) in [6, 6.07) is 18.9. The summed E-state index contributed by atoms with van der Waals surface area (Å²) >= 11 is 1.41. The van der Waals surface area contributed by atoms with Gasteiger partial charge in [0.05, 0.1) is 23.5 Å². The number of amidine groups is 2. The molecule has 4 rings (SSSR count). The van der Waals surface area contributed by atoms with Gasteiger partial charge in [0.25, 0.3) is 5.91 Å². The van der Waals surface area contributed by atoms with Gasteiger partial charge in [-0.15, -0.1) is 0 Å². The van der Waals surface area contributed by atoms with Crippen molar-refractivity contribution in [2.24, 2.45) is 10.1 Å². The average molecular weight is 422 g/mol. The maximum atomic E-state index is 12.5. The number of aliphatic imine (C=N–C) groups is 1. The molecule has 2 aromatic rings. The molecule has 30 heavy (non-hydrogen) atoms. The van der Waals surface area contributed by atoms with Crippen molar-refractivity contribution in [1.82, 2.24) is 10.2 Å². The van der Waals surface area contributed by atoms with Crippen molar-refractivity contribution in [3.63, 3.8) is 0 Å². The van der Waals surface area contributed by atoms with Crippen molar-refractivity contribution in [3.8, 4) is 0 Å². The van der Waals surface area contributed by atoms with E-state index in [1.54, 1.807) is 0 Å². The van der Waals surface area contributed by atoms with E-state index in [9.17, 15) is 9.59 Å². The molecule has 0 radical (unpaired) electrons. The van der Waals surface area contributed by atoms with Gasteiger partial charge in [-0.05, 0) is 37.1 Å². The van der Waals surface area contributed by atoms with Gasteiger partial charge in [0, 0.05) is 13.1 Å². The molecule has 2 aromatic carbocycles. The molecule has 154 valence electrons. The summed E-state index contributed by atoms with van der Waals surface area (Å²) in [6.07, 6.45) is 2.35. The van der Waals surface area contributed by atoms with Crippen LogP contribution in [-0.2, 0) is 9.59 Å². The normalized spacial score (nSPS) is 16.7. The number of rotatable bonds is 4. The molecular formula is C22H23N5O2S. The van der Waals surface area contributed by atoms with Gasteiger partial charge in [-0.3, -0.25) is 9.59 Å². The number of benzene rings is 2. The summed E-state index contributed by atoms with van der Waals surface area (Å²) in [4.78, 5) is 31.7. The van der Waals surface area contributed by atoms with Crippen LogP contribution in [0.2, 0.25) is 0 Å². The van der Waals surface area contributed by atoms with Crippen LogP contribution in [0, 0.1) is 0 Å². The zero-order valence-electron chi connectivity index (χ0n) is 16.5. The summed E-state index contributed by atoms with van der Waals surface area (Å²) in [5.74, 6) is 0.229. The summed E-state index contributed by atoms with van der Waals surface area (Å²) in [5, 5.41) is 9.22. The molecule has 0 atom stereocenters. The molecule has 7 nitrogen and oxygen atoms in total. The number of likely N-dealkylation sites (tertiary alicyclic amines) is 1. The second kappa shape index (κ2) is 9.58. The number of carbonyl (C=O) groups is 2. The fraction of sp³-hybridized carbons (Fsp3) is 0.273. The lowest BCUT2D eigenvalue weighted by Gasteiger charge is -2.19. The molecule has 0 bridgehead atoms. The molecule has 0 saturated carbocycles. The van der Waals surface area contributed by atoms with Crippen LogP contribution in [0.3, 0.4) is 0 Å². The lowest BCUT2D eigenvalue weighted by Crippen LogP contribution is -2.33. The highest BCUT2D eigenvalue weighted by atomic mass is 32.2. The third-order valence-electron chi connectivity index (χ3n) is 4.75. The maximum absolute atomic E-state index is 12.5. The van der Waals surface area contributed by atoms with Crippen molar-refractivity contribution in [2.75, 3.05) is 23.9 Å². The second-order valence-corrected chi connectivity index (χ2v) is 7.97. The van der Waals surface area contributed by atoms with E-state index in [1.165, 1.54) is 16.8 Å². The zero-order chi connectivity index (χ0) is 20.8. The van der Waals surface area contributed by atoms with Crippen LogP contribution in [0.4, 0.5) is 11.4 Å². The van der Waals surface area contributed by atoms with Crippen LogP contribution in [0.1, 0.15) is 19.3 Å². The van der Waals surface area contributed by atoms with Gasteiger partial charge in [0.1, 0.15) is 5.84 Å². The van der Waals surface area contributed by atoms with Gasteiger partial charge in [-0.2, -0.15) is 10.1 Å². The molecule has 2 aliphatic heterocycles. The largest absolute Gasteiger partial charge is 0.351 e. The third kappa shape index (κ3) is 5.07. The van der Waals surface area contributed by atoms with Crippen molar-refractivity contribution in [1.29, 1.82) is 0 Å². The first-order chi connectivity index (χ1) is 14.7. The highest BCUT2D eigenvalue weighted by Gasteiger charge is 2.26. The average Bonchev–Trinajstić information content (AvgIpc) is 3.42. The van der Waals surface area contributed by atoms with Gasteiger partial charge in [0.2, 0.25) is 5.91 Å². The smallest absolute Gasteiger partial charge is 0.255 e. The maximum Gasteiger partial charge on any atom is 0.255 e. The number of carbonyl (C=O) groups excluding carboxylic acids is 2. The molecule has 0 aromatic heterocycles. The van der Waals surface area contributed by atoms with Crippen LogP contribution in [0.15, 0.2) is 70.8 Å². The van der Waals surface area contributed by atoms with Crippen molar-refractivity contribution < 1.29 is 9.59 Å². The minimum absolute atomic E-state index is 0.0857. The van der Waals surface area contributed by atoms with E-state index in [2.05, 4.69) is 15.3 Å². The predicted octanol–water partition coefficient (Wildman–Crippen LogP) is 3.37. The predicted molar refractivity (Wildman–Crippen MR) is 121 cm³/mol. The standard InChI is InChI=1S/C22H23N5O2S/c28-20(24-19-15-21(29)27(25-19)18-11-5-2-6-12-18)16-30-22(26-13-7-8-14-26)23-17-9-3-1-4-10-17/h1-6,9-12H,7-8,13-16H2,(H,24,25,28). The first-order valence-corrected chi connectivity index (χ1v) is 10.9. The molecule has 2 aliphatic rings. The van der Waals surface area contributed by atoms with E-state index in [0.717, 1.165) is 36.8 Å².